The number of halogens is 3. The Morgan fingerprint density at radius 2 is 2.07 bits per heavy atom. The van der Waals surface area contributed by atoms with Gasteiger partial charge in [-0.05, 0) is 6.92 Å². The van der Waals surface area contributed by atoms with Crippen molar-refractivity contribution in [3.05, 3.63) is 12.2 Å². The molecule has 0 aromatic rings. The third kappa shape index (κ3) is 6.92. The molecular formula is C8H11F3O4. The van der Waals surface area contributed by atoms with Gasteiger partial charge in [0.2, 0.25) is 0 Å². The maximum Gasteiger partial charge on any atom is 0.522 e. The lowest BCUT2D eigenvalue weighted by Crippen LogP contribution is -2.30. The Morgan fingerprint density at radius 3 is 2.40 bits per heavy atom. The average molecular weight is 228 g/mol. The molecule has 0 bridgehead atoms. The van der Waals surface area contributed by atoms with Crippen LogP contribution >= 0.6 is 0 Å². The van der Waals surface area contributed by atoms with Crippen molar-refractivity contribution in [3.8, 4) is 0 Å². The van der Waals surface area contributed by atoms with Gasteiger partial charge in [-0.25, -0.2) is 4.79 Å². The number of hydrogen-bond donors (Lipinski definition) is 1. The van der Waals surface area contributed by atoms with Gasteiger partial charge in [0.05, 0.1) is 13.2 Å². The van der Waals surface area contributed by atoms with Crippen LogP contribution < -0.4 is 0 Å². The van der Waals surface area contributed by atoms with E-state index >= 15 is 0 Å². The van der Waals surface area contributed by atoms with E-state index in [0.29, 0.717) is 0 Å². The molecule has 1 N–H and O–H groups in total. The van der Waals surface area contributed by atoms with Crippen LogP contribution in [0, 0.1) is 0 Å². The summed E-state index contributed by atoms with van der Waals surface area (Å²) in [5.41, 5.74) is 0.0282. The van der Waals surface area contributed by atoms with Crippen LogP contribution in [0.1, 0.15) is 6.92 Å². The monoisotopic (exact) mass is 228 g/mol. The molecule has 0 saturated carbocycles. The summed E-state index contributed by atoms with van der Waals surface area (Å²) in [7, 11) is 0. The van der Waals surface area contributed by atoms with E-state index in [1.165, 1.54) is 6.92 Å². The van der Waals surface area contributed by atoms with Crippen molar-refractivity contribution < 1.29 is 32.5 Å². The van der Waals surface area contributed by atoms with E-state index < -0.39 is 31.6 Å². The summed E-state index contributed by atoms with van der Waals surface area (Å²) < 4.78 is 42.6. The molecule has 0 aliphatic heterocycles. The van der Waals surface area contributed by atoms with E-state index in [4.69, 9.17) is 5.11 Å². The van der Waals surface area contributed by atoms with Crippen molar-refractivity contribution in [2.45, 2.75) is 19.4 Å². The summed E-state index contributed by atoms with van der Waals surface area (Å²) in [5, 5.41) is 8.60. The first kappa shape index (κ1) is 13.9. The first-order chi connectivity index (χ1) is 6.76. The van der Waals surface area contributed by atoms with Crippen LogP contribution in [-0.4, -0.2) is 36.8 Å². The second-order valence-electron chi connectivity index (χ2n) is 2.75. The molecule has 0 amide bonds. The van der Waals surface area contributed by atoms with Crippen molar-refractivity contribution in [2.75, 3.05) is 13.2 Å². The van der Waals surface area contributed by atoms with Crippen molar-refractivity contribution >= 4 is 5.97 Å². The van der Waals surface area contributed by atoms with Gasteiger partial charge < -0.3 is 9.84 Å². The first-order valence-corrected chi connectivity index (χ1v) is 3.94. The second kappa shape index (κ2) is 5.72. The molecule has 88 valence electrons. The van der Waals surface area contributed by atoms with Crippen molar-refractivity contribution in [1.82, 2.24) is 0 Å². The Morgan fingerprint density at radius 1 is 1.53 bits per heavy atom. The highest BCUT2D eigenvalue weighted by Gasteiger charge is 2.31. The van der Waals surface area contributed by atoms with Crippen LogP contribution in [0.15, 0.2) is 12.2 Å². The summed E-state index contributed by atoms with van der Waals surface area (Å²) in [6.07, 6.45) is -6.17. The highest BCUT2D eigenvalue weighted by Crippen LogP contribution is 2.16. The van der Waals surface area contributed by atoms with Gasteiger partial charge >= 0.3 is 12.3 Å². The molecule has 0 aromatic carbocycles. The zero-order valence-corrected chi connectivity index (χ0v) is 8.00. The van der Waals surface area contributed by atoms with Gasteiger partial charge in [0.15, 0.2) is 0 Å². The van der Waals surface area contributed by atoms with Gasteiger partial charge in [0.1, 0.15) is 6.10 Å². The molecule has 0 heterocycles. The Hall–Kier alpha value is -1.08. The molecular weight excluding hydrogens is 217 g/mol. The topological polar surface area (TPSA) is 55.8 Å². The SMILES string of the molecule is C=C(C)C(=O)OC(CO)COC(F)(F)F. The highest BCUT2D eigenvalue weighted by molar-refractivity contribution is 5.87. The molecule has 0 rings (SSSR count). The largest absolute Gasteiger partial charge is 0.522 e. The number of alkyl halides is 3. The van der Waals surface area contributed by atoms with Gasteiger partial charge in [0.25, 0.3) is 0 Å². The molecule has 0 spiro atoms. The van der Waals surface area contributed by atoms with E-state index in [0.717, 1.165) is 0 Å². The number of esters is 1. The van der Waals surface area contributed by atoms with E-state index in [2.05, 4.69) is 16.1 Å². The van der Waals surface area contributed by atoms with Gasteiger partial charge in [0, 0.05) is 5.57 Å². The van der Waals surface area contributed by atoms with Crippen LogP contribution in [0.25, 0.3) is 0 Å². The van der Waals surface area contributed by atoms with Crippen LogP contribution in [-0.2, 0) is 14.3 Å². The molecule has 15 heavy (non-hydrogen) atoms. The van der Waals surface area contributed by atoms with Crippen molar-refractivity contribution in [3.63, 3.8) is 0 Å². The van der Waals surface area contributed by atoms with Crippen LogP contribution in [0.2, 0.25) is 0 Å². The highest BCUT2D eigenvalue weighted by atomic mass is 19.4. The molecule has 4 nitrogen and oxygen atoms in total. The maximum absolute atomic E-state index is 11.6. The van der Waals surface area contributed by atoms with E-state index in [1.54, 1.807) is 0 Å². The fourth-order valence-electron chi connectivity index (χ4n) is 0.563. The van der Waals surface area contributed by atoms with Gasteiger partial charge in [-0.15, -0.1) is 13.2 Å². The van der Waals surface area contributed by atoms with Gasteiger partial charge in [-0.1, -0.05) is 6.58 Å². The maximum atomic E-state index is 11.6. The summed E-state index contributed by atoms with van der Waals surface area (Å²) in [5.74, 6) is -0.875. The summed E-state index contributed by atoms with van der Waals surface area (Å²) in [4.78, 5) is 10.9. The Balaban J connectivity index is 4.04. The van der Waals surface area contributed by atoms with Crippen LogP contribution in [0.4, 0.5) is 13.2 Å². The number of ether oxygens (including phenoxy) is 2. The predicted molar refractivity (Wildman–Crippen MR) is 43.8 cm³/mol. The number of carbonyl (C=O) groups excluding carboxylic acids is 1. The molecule has 0 aliphatic rings. The van der Waals surface area contributed by atoms with E-state index in [1.807, 2.05) is 0 Å². The molecule has 0 aromatic heterocycles. The number of aliphatic hydroxyl groups excluding tert-OH is 1. The van der Waals surface area contributed by atoms with Crippen molar-refractivity contribution in [2.24, 2.45) is 0 Å². The van der Waals surface area contributed by atoms with Crippen molar-refractivity contribution in [1.29, 1.82) is 0 Å². The molecule has 0 aliphatic carbocycles. The summed E-state index contributed by atoms with van der Waals surface area (Å²) >= 11 is 0. The third-order valence-electron chi connectivity index (χ3n) is 1.26. The van der Waals surface area contributed by atoms with E-state index in [9.17, 15) is 18.0 Å². The lowest BCUT2D eigenvalue weighted by Gasteiger charge is -2.16. The minimum atomic E-state index is -4.82. The fraction of sp³-hybridized carbons (Fsp3) is 0.625. The predicted octanol–water partition coefficient (Wildman–Crippen LogP) is 1.00. The molecule has 0 saturated heterocycles. The fourth-order valence-corrected chi connectivity index (χ4v) is 0.563. The number of aliphatic hydroxyl groups is 1. The molecule has 7 heteroatoms. The average Bonchev–Trinajstić information content (AvgIpc) is 2.10. The minimum Gasteiger partial charge on any atom is -0.454 e. The Labute approximate surface area is 84.3 Å². The van der Waals surface area contributed by atoms with E-state index in [-0.39, 0.29) is 5.57 Å². The number of hydrogen-bond acceptors (Lipinski definition) is 4. The smallest absolute Gasteiger partial charge is 0.454 e. The lowest BCUT2D eigenvalue weighted by atomic mass is 10.3. The standard InChI is InChI=1S/C8H11F3O4/c1-5(2)7(13)15-6(3-12)4-14-8(9,10)11/h6,12H,1,3-4H2,2H3. The van der Waals surface area contributed by atoms with Crippen LogP contribution in [0.5, 0.6) is 0 Å². The third-order valence-corrected chi connectivity index (χ3v) is 1.26. The Bertz CT molecular complexity index is 237. The quantitative estimate of drug-likeness (QED) is 0.563. The summed E-state index contributed by atoms with van der Waals surface area (Å²) in [6.45, 7) is 2.87. The second-order valence-corrected chi connectivity index (χ2v) is 2.75. The first-order valence-electron chi connectivity index (χ1n) is 3.94. The molecule has 0 radical (unpaired) electrons. The molecule has 1 unspecified atom stereocenters. The summed E-state index contributed by atoms with van der Waals surface area (Å²) in [6, 6.07) is 0. The minimum absolute atomic E-state index is 0.0282. The lowest BCUT2D eigenvalue weighted by molar-refractivity contribution is -0.331. The zero-order chi connectivity index (χ0) is 12.1. The molecule has 0 fully saturated rings. The van der Waals surface area contributed by atoms with Gasteiger partial charge in [-0.3, -0.25) is 4.74 Å². The molecule has 1 atom stereocenters. The Kier molecular flexibility index (Phi) is 5.31. The number of carbonyl (C=O) groups is 1. The van der Waals surface area contributed by atoms with Gasteiger partial charge in [-0.2, -0.15) is 0 Å². The van der Waals surface area contributed by atoms with Crippen LogP contribution in [0.3, 0.4) is 0 Å². The normalized spacial score (nSPS) is 13.4. The zero-order valence-electron chi connectivity index (χ0n) is 8.00. The number of rotatable bonds is 5.